The molecule has 0 radical (unpaired) electrons. The molecule has 37 heavy (non-hydrogen) atoms. The average molecular weight is 556 g/mol. The molecule has 0 bridgehead atoms. The van der Waals surface area contributed by atoms with Gasteiger partial charge in [-0.1, -0.05) is 23.2 Å². The predicted octanol–water partition coefficient (Wildman–Crippen LogP) is 5.88. The van der Waals surface area contributed by atoms with Crippen LogP contribution in [0.4, 0.5) is 13.2 Å². The average Bonchev–Trinajstić information content (AvgIpc) is 3.48. The molecule has 12 heteroatoms. The van der Waals surface area contributed by atoms with E-state index in [0.29, 0.717) is 18.6 Å². The maximum Gasteiger partial charge on any atom is 0.287 e. The van der Waals surface area contributed by atoms with Crippen molar-refractivity contribution in [2.45, 2.75) is 44.7 Å². The minimum atomic E-state index is -2.75. The van der Waals surface area contributed by atoms with Gasteiger partial charge in [0.1, 0.15) is 29.5 Å². The number of aromatic nitrogens is 1. The topological polar surface area (TPSA) is 93.5 Å². The standard InChI is InChI=1S/C25H22Cl2F3N3O4/c1-12-3-4-19(37-12)23(34)33-25(5-6-25)24(35)32-13(2)21-18(28)7-14(10-31-21)16-8-15(26)9-17(27)22(16)36-11-20(29)30/h3-4,7-10,13,20H,5-6,11H2,1-2H3,(H,32,35)(H,33,34)/t13-/m1/s1. The molecule has 1 saturated carbocycles. The van der Waals surface area contributed by atoms with Crippen LogP contribution in [-0.4, -0.2) is 35.4 Å². The van der Waals surface area contributed by atoms with Crippen molar-refractivity contribution >= 4 is 35.0 Å². The molecule has 0 aliphatic heterocycles. The van der Waals surface area contributed by atoms with Gasteiger partial charge in [0.05, 0.1) is 16.8 Å². The third-order valence-electron chi connectivity index (χ3n) is 5.80. The number of carbonyl (C=O) groups is 2. The molecule has 2 heterocycles. The molecule has 0 spiro atoms. The van der Waals surface area contributed by atoms with Gasteiger partial charge in [0, 0.05) is 22.3 Å². The van der Waals surface area contributed by atoms with Crippen LogP contribution in [0.15, 0.2) is 40.9 Å². The van der Waals surface area contributed by atoms with Crippen molar-refractivity contribution in [3.05, 3.63) is 69.6 Å². The summed E-state index contributed by atoms with van der Waals surface area (Å²) in [6.07, 6.45) is -0.610. The lowest BCUT2D eigenvalue weighted by Crippen LogP contribution is -2.49. The molecule has 2 amide bonds. The lowest BCUT2D eigenvalue weighted by Gasteiger charge is -2.21. The summed E-state index contributed by atoms with van der Waals surface area (Å²) in [5, 5.41) is 5.54. The highest BCUT2D eigenvalue weighted by Gasteiger charge is 2.52. The van der Waals surface area contributed by atoms with Gasteiger partial charge in [-0.2, -0.15) is 0 Å². The number of hydrogen-bond acceptors (Lipinski definition) is 5. The summed E-state index contributed by atoms with van der Waals surface area (Å²) in [7, 11) is 0. The number of nitrogens with zero attached hydrogens (tertiary/aromatic N) is 1. The van der Waals surface area contributed by atoms with E-state index in [-0.39, 0.29) is 38.4 Å². The monoisotopic (exact) mass is 555 g/mol. The van der Waals surface area contributed by atoms with Crippen molar-refractivity contribution in [3.63, 3.8) is 0 Å². The molecule has 2 N–H and O–H groups in total. The van der Waals surface area contributed by atoms with Gasteiger partial charge in [-0.05, 0) is 57.0 Å². The van der Waals surface area contributed by atoms with Gasteiger partial charge in [0.2, 0.25) is 5.91 Å². The summed E-state index contributed by atoms with van der Waals surface area (Å²) in [5.74, 6) is -1.20. The smallest absolute Gasteiger partial charge is 0.287 e. The normalized spacial score (nSPS) is 14.8. The minimum absolute atomic E-state index is 0.0187. The number of rotatable bonds is 9. The number of pyridine rings is 1. The number of alkyl halides is 2. The highest BCUT2D eigenvalue weighted by molar-refractivity contribution is 6.36. The molecule has 1 fully saturated rings. The minimum Gasteiger partial charge on any atom is -0.485 e. The van der Waals surface area contributed by atoms with Crippen molar-refractivity contribution in [2.75, 3.05) is 6.61 Å². The Labute approximate surface area is 220 Å². The van der Waals surface area contributed by atoms with E-state index in [0.717, 1.165) is 6.07 Å². The number of amides is 2. The fourth-order valence-electron chi connectivity index (χ4n) is 3.75. The number of furan rings is 1. The molecule has 3 aromatic rings. The highest BCUT2D eigenvalue weighted by atomic mass is 35.5. The van der Waals surface area contributed by atoms with Gasteiger partial charge in [-0.25, -0.2) is 13.2 Å². The third kappa shape index (κ3) is 6.02. The Morgan fingerprint density at radius 3 is 2.54 bits per heavy atom. The molecule has 196 valence electrons. The van der Waals surface area contributed by atoms with Crippen LogP contribution in [0.1, 0.15) is 47.8 Å². The Morgan fingerprint density at radius 1 is 1.22 bits per heavy atom. The predicted molar refractivity (Wildman–Crippen MR) is 131 cm³/mol. The van der Waals surface area contributed by atoms with Crippen molar-refractivity contribution in [1.29, 1.82) is 0 Å². The number of ether oxygens (including phenoxy) is 1. The summed E-state index contributed by atoms with van der Waals surface area (Å²) < 4.78 is 50.9. The van der Waals surface area contributed by atoms with Crippen molar-refractivity contribution in [1.82, 2.24) is 15.6 Å². The lowest BCUT2D eigenvalue weighted by atomic mass is 10.0. The zero-order chi connectivity index (χ0) is 26.9. The molecular weight excluding hydrogens is 534 g/mol. The third-order valence-corrected chi connectivity index (χ3v) is 6.30. The van der Waals surface area contributed by atoms with E-state index < -0.39 is 42.2 Å². The number of aryl methyl sites for hydroxylation is 1. The number of carbonyl (C=O) groups excluding carboxylic acids is 2. The van der Waals surface area contributed by atoms with Gasteiger partial charge < -0.3 is 19.8 Å². The van der Waals surface area contributed by atoms with Gasteiger partial charge in [0.25, 0.3) is 12.3 Å². The Morgan fingerprint density at radius 2 is 1.95 bits per heavy atom. The van der Waals surface area contributed by atoms with E-state index in [4.69, 9.17) is 32.4 Å². The van der Waals surface area contributed by atoms with E-state index in [9.17, 15) is 18.4 Å². The second-order valence-corrected chi connectivity index (χ2v) is 9.54. The first-order valence-corrected chi connectivity index (χ1v) is 12.0. The Hall–Kier alpha value is -3.24. The number of benzene rings is 1. The lowest BCUT2D eigenvalue weighted by molar-refractivity contribution is -0.124. The van der Waals surface area contributed by atoms with Crippen LogP contribution in [0.3, 0.4) is 0 Å². The zero-order valence-electron chi connectivity index (χ0n) is 19.7. The fraction of sp³-hybridized carbons (Fsp3) is 0.320. The summed E-state index contributed by atoms with van der Waals surface area (Å²) >= 11 is 12.2. The maximum absolute atomic E-state index is 15.1. The van der Waals surface area contributed by atoms with Crippen molar-refractivity contribution in [3.8, 4) is 16.9 Å². The van der Waals surface area contributed by atoms with E-state index in [1.165, 1.54) is 24.4 Å². The van der Waals surface area contributed by atoms with E-state index >= 15 is 4.39 Å². The van der Waals surface area contributed by atoms with E-state index in [1.807, 2.05) is 0 Å². The fourth-order valence-corrected chi connectivity index (χ4v) is 4.30. The molecule has 0 saturated heterocycles. The molecule has 1 aromatic carbocycles. The molecule has 1 atom stereocenters. The Balaban J connectivity index is 1.50. The first-order valence-electron chi connectivity index (χ1n) is 11.2. The SMILES string of the molecule is Cc1ccc(C(=O)NC2(C(=O)N[C@H](C)c3ncc(-c4cc(Cl)cc(Cl)c4OCC(F)F)cc3F)CC2)o1. The van der Waals surface area contributed by atoms with Crippen LogP contribution in [0, 0.1) is 12.7 Å². The molecule has 2 aromatic heterocycles. The van der Waals surface area contributed by atoms with Gasteiger partial charge in [0.15, 0.2) is 5.76 Å². The maximum atomic E-state index is 15.1. The molecule has 7 nitrogen and oxygen atoms in total. The first-order chi connectivity index (χ1) is 17.5. The van der Waals surface area contributed by atoms with Crippen LogP contribution >= 0.6 is 23.2 Å². The van der Waals surface area contributed by atoms with E-state index in [1.54, 1.807) is 19.9 Å². The largest absolute Gasteiger partial charge is 0.485 e. The summed E-state index contributed by atoms with van der Waals surface area (Å²) in [6.45, 7) is 2.33. The van der Waals surface area contributed by atoms with Crippen molar-refractivity contribution in [2.24, 2.45) is 0 Å². The second-order valence-electron chi connectivity index (χ2n) is 8.70. The summed E-state index contributed by atoms with van der Waals surface area (Å²) in [4.78, 5) is 29.5. The summed E-state index contributed by atoms with van der Waals surface area (Å²) in [5.41, 5.74) is -0.811. The molecule has 1 aliphatic carbocycles. The van der Waals surface area contributed by atoms with Crippen LogP contribution < -0.4 is 15.4 Å². The highest BCUT2D eigenvalue weighted by Crippen LogP contribution is 2.40. The van der Waals surface area contributed by atoms with Gasteiger partial charge in [-0.15, -0.1) is 0 Å². The zero-order valence-corrected chi connectivity index (χ0v) is 21.2. The number of hydrogen-bond donors (Lipinski definition) is 2. The van der Waals surface area contributed by atoms with Crippen molar-refractivity contribution < 1.29 is 31.9 Å². The van der Waals surface area contributed by atoms with E-state index in [2.05, 4.69) is 15.6 Å². The molecule has 0 unspecified atom stereocenters. The Bertz CT molecular complexity index is 1340. The van der Waals surface area contributed by atoms with Gasteiger partial charge >= 0.3 is 0 Å². The van der Waals surface area contributed by atoms with Crippen LogP contribution in [-0.2, 0) is 4.79 Å². The van der Waals surface area contributed by atoms with Crippen LogP contribution in [0.25, 0.3) is 11.1 Å². The number of nitrogens with one attached hydrogen (secondary N) is 2. The molecule has 4 rings (SSSR count). The second kappa shape index (κ2) is 10.6. The van der Waals surface area contributed by atoms with Gasteiger partial charge in [-0.3, -0.25) is 14.6 Å². The summed E-state index contributed by atoms with van der Waals surface area (Å²) in [6, 6.07) is 6.15. The quantitative estimate of drug-likeness (QED) is 0.344. The van der Waals surface area contributed by atoms with Crippen LogP contribution in [0.5, 0.6) is 5.75 Å². The molecule has 1 aliphatic rings. The number of halogens is 5. The molecular formula is C25H22Cl2F3N3O4. The first kappa shape index (κ1) is 26.8. The Kier molecular flexibility index (Phi) is 7.70. The van der Waals surface area contributed by atoms with Crippen LogP contribution in [0.2, 0.25) is 10.0 Å².